The summed E-state index contributed by atoms with van der Waals surface area (Å²) in [4.78, 5) is 11.8. The molecule has 0 aliphatic heterocycles. The maximum atomic E-state index is 11.8. The van der Waals surface area contributed by atoms with E-state index in [1.54, 1.807) is 0 Å². The lowest BCUT2D eigenvalue weighted by Gasteiger charge is -2.18. The van der Waals surface area contributed by atoms with Crippen molar-refractivity contribution in [3.63, 3.8) is 0 Å². The van der Waals surface area contributed by atoms with Gasteiger partial charge in [-0.2, -0.15) is 0 Å². The fraction of sp³-hybridized carbons (Fsp3) is 0.562. The smallest absolute Gasteiger partial charge is 0.258 e. The van der Waals surface area contributed by atoms with E-state index >= 15 is 0 Å². The van der Waals surface area contributed by atoms with Crippen molar-refractivity contribution in [2.24, 2.45) is 5.92 Å². The molecule has 0 unspecified atom stereocenters. The van der Waals surface area contributed by atoms with E-state index in [1.165, 1.54) is 5.56 Å². The number of hydrogen-bond donors (Lipinski definition) is 1. The van der Waals surface area contributed by atoms with Crippen molar-refractivity contribution in [3.8, 4) is 5.75 Å². The molecule has 0 saturated carbocycles. The van der Waals surface area contributed by atoms with Gasteiger partial charge in [0.15, 0.2) is 6.61 Å². The van der Waals surface area contributed by atoms with E-state index in [-0.39, 0.29) is 18.6 Å². The predicted octanol–water partition coefficient (Wildman–Crippen LogP) is 3.15. The average molecular weight is 263 g/mol. The number of amides is 1. The summed E-state index contributed by atoms with van der Waals surface area (Å²) in [6, 6.07) is 4.25. The molecule has 0 aromatic heterocycles. The minimum Gasteiger partial charge on any atom is -0.483 e. The van der Waals surface area contributed by atoms with Crippen LogP contribution >= 0.6 is 0 Å². The van der Waals surface area contributed by atoms with Crippen molar-refractivity contribution >= 4 is 5.91 Å². The Morgan fingerprint density at radius 3 is 2.42 bits per heavy atom. The minimum absolute atomic E-state index is 0.0697. The summed E-state index contributed by atoms with van der Waals surface area (Å²) in [7, 11) is 0. The van der Waals surface area contributed by atoms with Gasteiger partial charge in [-0.15, -0.1) is 0 Å². The molecule has 0 aliphatic rings. The van der Waals surface area contributed by atoms with Crippen LogP contribution in [0.5, 0.6) is 5.75 Å². The summed E-state index contributed by atoms with van der Waals surface area (Å²) in [5.41, 5.74) is 3.43. The van der Waals surface area contributed by atoms with Crippen molar-refractivity contribution in [1.29, 1.82) is 0 Å². The highest BCUT2D eigenvalue weighted by Gasteiger charge is 2.12. The van der Waals surface area contributed by atoms with Gasteiger partial charge in [0, 0.05) is 6.04 Å². The molecular formula is C16H25NO2. The molecule has 0 heterocycles. The molecule has 3 heteroatoms. The minimum atomic E-state index is -0.0697. The number of rotatable bonds is 5. The fourth-order valence-corrected chi connectivity index (χ4v) is 1.76. The maximum absolute atomic E-state index is 11.8. The Labute approximate surface area is 116 Å². The summed E-state index contributed by atoms with van der Waals surface area (Å²) in [6.07, 6.45) is 0. The zero-order valence-electron chi connectivity index (χ0n) is 12.8. The van der Waals surface area contributed by atoms with E-state index < -0.39 is 0 Å². The number of carbonyl (C=O) groups excluding carboxylic acids is 1. The summed E-state index contributed by atoms with van der Waals surface area (Å²) in [5.74, 6) is 1.15. The lowest BCUT2D eigenvalue weighted by molar-refractivity contribution is -0.124. The first-order chi connectivity index (χ1) is 8.81. The number of benzene rings is 1. The lowest BCUT2D eigenvalue weighted by atomic mass is 10.1. The molecular weight excluding hydrogens is 238 g/mol. The molecule has 1 aromatic carbocycles. The van der Waals surface area contributed by atoms with E-state index in [9.17, 15) is 4.79 Å². The van der Waals surface area contributed by atoms with Crippen LogP contribution in [-0.4, -0.2) is 18.6 Å². The van der Waals surface area contributed by atoms with Crippen molar-refractivity contribution in [2.45, 2.75) is 47.6 Å². The van der Waals surface area contributed by atoms with E-state index in [4.69, 9.17) is 4.74 Å². The van der Waals surface area contributed by atoms with Gasteiger partial charge in [0.25, 0.3) is 5.91 Å². The van der Waals surface area contributed by atoms with Gasteiger partial charge in [-0.1, -0.05) is 19.9 Å². The Bertz CT molecular complexity index is 452. The van der Waals surface area contributed by atoms with E-state index in [0.717, 1.165) is 16.9 Å². The second-order valence-electron chi connectivity index (χ2n) is 5.59. The molecule has 106 valence electrons. The molecule has 1 amide bonds. The molecule has 0 fully saturated rings. The van der Waals surface area contributed by atoms with Crippen LogP contribution in [0.4, 0.5) is 0 Å². The van der Waals surface area contributed by atoms with Crippen LogP contribution in [0, 0.1) is 26.7 Å². The van der Waals surface area contributed by atoms with Crippen LogP contribution in [0.1, 0.15) is 37.5 Å². The second-order valence-corrected chi connectivity index (χ2v) is 5.59. The van der Waals surface area contributed by atoms with Gasteiger partial charge in [0.05, 0.1) is 0 Å². The molecule has 0 saturated heterocycles. The summed E-state index contributed by atoms with van der Waals surface area (Å²) < 4.78 is 5.63. The van der Waals surface area contributed by atoms with Crippen LogP contribution < -0.4 is 10.1 Å². The van der Waals surface area contributed by atoms with Crippen molar-refractivity contribution < 1.29 is 9.53 Å². The normalized spacial score (nSPS) is 12.4. The highest BCUT2D eigenvalue weighted by atomic mass is 16.5. The fourth-order valence-electron chi connectivity index (χ4n) is 1.76. The van der Waals surface area contributed by atoms with Gasteiger partial charge in [0.1, 0.15) is 5.75 Å². The Hall–Kier alpha value is -1.51. The number of nitrogens with one attached hydrogen (secondary N) is 1. The number of aryl methyl sites for hydroxylation is 2. The van der Waals surface area contributed by atoms with Crippen LogP contribution in [-0.2, 0) is 4.79 Å². The molecule has 1 aromatic rings. The first-order valence-corrected chi connectivity index (χ1v) is 6.81. The average Bonchev–Trinajstić information content (AvgIpc) is 2.31. The van der Waals surface area contributed by atoms with Gasteiger partial charge >= 0.3 is 0 Å². The third kappa shape index (κ3) is 4.58. The van der Waals surface area contributed by atoms with Crippen LogP contribution in [0.3, 0.4) is 0 Å². The molecule has 0 bridgehead atoms. The highest BCUT2D eigenvalue weighted by Crippen LogP contribution is 2.23. The highest BCUT2D eigenvalue weighted by molar-refractivity contribution is 5.77. The molecule has 1 rings (SSSR count). The largest absolute Gasteiger partial charge is 0.483 e. The van der Waals surface area contributed by atoms with E-state index in [0.29, 0.717) is 5.92 Å². The molecule has 1 N–H and O–H groups in total. The third-order valence-corrected chi connectivity index (χ3v) is 3.51. The van der Waals surface area contributed by atoms with E-state index in [2.05, 4.69) is 32.2 Å². The first kappa shape index (κ1) is 15.5. The van der Waals surface area contributed by atoms with Gasteiger partial charge in [-0.25, -0.2) is 0 Å². The van der Waals surface area contributed by atoms with Gasteiger partial charge in [-0.05, 0) is 56.4 Å². The molecule has 0 spiro atoms. The Morgan fingerprint density at radius 1 is 1.21 bits per heavy atom. The molecule has 0 aliphatic carbocycles. The monoisotopic (exact) mass is 263 g/mol. The maximum Gasteiger partial charge on any atom is 0.258 e. The van der Waals surface area contributed by atoms with Gasteiger partial charge in [-0.3, -0.25) is 4.79 Å². The SMILES string of the molecule is Cc1cc(C)c(C)c(OCC(=O)N[C@H](C)C(C)C)c1. The van der Waals surface area contributed by atoms with Gasteiger partial charge in [0.2, 0.25) is 0 Å². The Kier molecular flexibility index (Phi) is 5.40. The number of carbonyl (C=O) groups is 1. The Morgan fingerprint density at radius 2 is 1.84 bits per heavy atom. The van der Waals surface area contributed by atoms with Crippen molar-refractivity contribution in [2.75, 3.05) is 6.61 Å². The number of ether oxygens (including phenoxy) is 1. The quantitative estimate of drug-likeness (QED) is 0.886. The molecule has 1 atom stereocenters. The number of hydrogen-bond acceptors (Lipinski definition) is 2. The van der Waals surface area contributed by atoms with Crippen LogP contribution in [0.15, 0.2) is 12.1 Å². The summed E-state index contributed by atoms with van der Waals surface area (Å²) in [5, 5.41) is 2.93. The predicted molar refractivity (Wildman–Crippen MR) is 78.6 cm³/mol. The zero-order chi connectivity index (χ0) is 14.6. The van der Waals surface area contributed by atoms with Crippen LogP contribution in [0.2, 0.25) is 0 Å². The van der Waals surface area contributed by atoms with Crippen LogP contribution in [0.25, 0.3) is 0 Å². The Balaban J connectivity index is 2.60. The zero-order valence-corrected chi connectivity index (χ0v) is 12.8. The molecule has 3 nitrogen and oxygen atoms in total. The standard InChI is InChI=1S/C16H25NO2/c1-10(2)14(6)17-16(18)9-19-15-8-11(3)7-12(4)13(15)5/h7-8,10,14H,9H2,1-6H3,(H,17,18)/t14-/m1/s1. The molecule has 0 radical (unpaired) electrons. The summed E-state index contributed by atoms with van der Waals surface area (Å²) >= 11 is 0. The lowest BCUT2D eigenvalue weighted by Crippen LogP contribution is -2.39. The summed E-state index contributed by atoms with van der Waals surface area (Å²) in [6.45, 7) is 12.3. The van der Waals surface area contributed by atoms with Gasteiger partial charge < -0.3 is 10.1 Å². The van der Waals surface area contributed by atoms with Crippen molar-refractivity contribution in [1.82, 2.24) is 5.32 Å². The third-order valence-electron chi connectivity index (χ3n) is 3.51. The van der Waals surface area contributed by atoms with Crippen molar-refractivity contribution in [3.05, 3.63) is 28.8 Å². The first-order valence-electron chi connectivity index (χ1n) is 6.81. The second kappa shape index (κ2) is 6.60. The topological polar surface area (TPSA) is 38.3 Å². The molecule has 19 heavy (non-hydrogen) atoms. The van der Waals surface area contributed by atoms with E-state index in [1.807, 2.05) is 26.8 Å².